The summed E-state index contributed by atoms with van der Waals surface area (Å²) in [6.45, 7) is 7.99. The largest absolute Gasteiger partial charge is 0.476 e. The van der Waals surface area contributed by atoms with Gasteiger partial charge in [-0.05, 0) is 59.9 Å². The minimum atomic E-state index is -3.91. The number of hydrogen-bond acceptors (Lipinski definition) is 4. The molecule has 3 aromatic rings. The third-order valence-corrected chi connectivity index (χ3v) is 7.40. The van der Waals surface area contributed by atoms with Gasteiger partial charge in [-0.25, -0.2) is 8.42 Å². The molecule has 1 aliphatic rings. The standard InChI is InChI=1S/C26H28N2O4S/c1-18-9-8-10-20(15-18)27-25(29)24-17-28(33(30,31)21-11-6-5-7-12-21)22-16-19(26(2,3)4)13-14-23(22)32-24/h5-16,24H,17H2,1-4H3,(H,27,29)/t24-/m1/s1. The number of carbonyl (C=O) groups is 1. The molecule has 0 bridgehead atoms. The molecule has 6 nitrogen and oxygen atoms in total. The van der Waals surface area contributed by atoms with Crippen molar-refractivity contribution < 1.29 is 17.9 Å². The molecule has 4 rings (SSSR count). The van der Waals surface area contributed by atoms with Crippen LogP contribution in [0, 0.1) is 6.92 Å². The van der Waals surface area contributed by atoms with Crippen molar-refractivity contribution in [3.63, 3.8) is 0 Å². The van der Waals surface area contributed by atoms with Gasteiger partial charge in [-0.3, -0.25) is 9.10 Å². The molecule has 0 aliphatic carbocycles. The third-order valence-electron chi connectivity index (χ3n) is 5.60. The van der Waals surface area contributed by atoms with Crippen molar-refractivity contribution in [1.29, 1.82) is 0 Å². The van der Waals surface area contributed by atoms with Gasteiger partial charge in [-0.2, -0.15) is 0 Å². The Bertz CT molecular complexity index is 1280. The van der Waals surface area contributed by atoms with Crippen LogP contribution in [0.1, 0.15) is 31.9 Å². The van der Waals surface area contributed by atoms with Crippen LogP contribution >= 0.6 is 0 Å². The van der Waals surface area contributed by atoms with Crippen LogP contribution in [0.5, 0.6) is 5.75 Å². The lowest BCUT2D eigenvalue weighted by molar-refractivity contribution is -0.122. The van der Waals surface area contributed by atoms with Gasteiger partial charge in [0.25, 0.3) is 15.9 Å². The molecule has 0 aromatic heterocycles. The topological polar surface area (TPSA) is 75.7 Å². The number of rotatable bonds is 4. The van der Waals surface area contributed by atoms with Crippen molar-refractivity contribution in [3.8, 4) is 5.75 Å². The number of amides is 1. The van der Waals surface area contributed by atoms with E-state index in [0.717, 1.165) is 11.1 Å². The zero-order valence-electron chi connectivity index (χ0n) is 19.2. The van der Waals surface area contributed by atoms with Crippen LogP contribution in [0.2, 0.25) is 0 Å². The first kappa shape index (κ1) is 22.9. The Morgan fingerprint density at radius 1 is 1.00 bits per heavy atom. The van der Waals surface area contributed by atoms with E-state index in [0.29, 0.717) is 17.1 Å². The summed E-state index contributed by atoms with van der Waals surface area (Å²) in [6.07, 6.45) is -1.00. The lowest BCUT2D eigenvalue weighted by atomic mass is 9.86. The van der Waals surface area contributed by atoms with Crippen molar-refractivity contribution in [1.82, 2.24) is 0 Å². The van der Waals surface area contributed by atoms with Gasteiger partial charge >= 0.3 is 0 Å². The lowest BCUT2D eigenvalue weighted by Gasteiger charge is -2.36. The van der Waals surface area contributed by atoms with E-state index in [1.54, 1.807) is 42.5 Å². The van der Waals surface area contributed by atoms with Crippen LogP contribution in [0.4, 0.5) is 11.4 Å². The molecule has 1 N–H and O–H groups in total. The zero-order valence-corrected chi connectivity index (χ0v) is 20.0. The second-order valence-corrected chi connectivity index (χ2v) is 11.1. The van der Waals surface area contributed by atoms with Crippen LogP contribution in [-0.2, 0) is 20.2 Å². The van der Waals surface area contributed by atoms with Gasteiger partial charge in [0.1, 0.15) is 5.75 Å². The summed E-state index contributed by atoms with van der Waals surface area (Å²) in [7, 11) is -3.91. The Labute approximate surface area is 195 Å². The van der Waals surface area contributed by atoms with Crippen molar-refractivity contribution in [2.45, 2.75) is 44.1 Å². The highest BCUT2D eigenvalue weighted by Gasteiger charge is 2.38. The molecule has 0 fully saturated rings. The molecule has 0 spiro atoms. The van der Waals surface area contributed by atoms with Crippen LogP contribution in [0.25, 0.3) is 0 Å². The maximum absolute atomic E-state index is 13.6. The van der Waals surface area contributed by atoms with Gasteiger partial charge in [0, 0.05) is 5.69 Å². The molecule has 0 radical (unpaired) electrons. The summed E-state index contributed by atoms with van der Waals surface area (Å²) in [4.78, 5) is 13.2. The van der Waals surface area contributed by atoms with Crippen LogP contribution in [0.15, 0.2) is 77.7 Å². The predicted molar refractivity (Wildman–Crippen MR) is 130 cm³/mol. The maximum Gasteiger partial charge on any atom is 0.267 e. The fourth-order valence-corrected chi connectivity index (χ4v) is 5.24. The van der Waals surface area contributed by atoms with Gasteiger partial charge in [0.2, 0.25) is 0 Å². The molecule has 7 heteroatoms. The summed E-state index contributed by atoms with van der Waals surface area (Å²) >= 11 is 0. The minimum Gasteiger partial charge on any atom is -0.476 e. The number of hydrogen-bond donors (Lipinski definition) is 1. The number of anilines is 2. The van der Waals surface area contributed by atoms with E-state index >= 15 is 0 Å². The van der Waals surface area contributed by atoms with E-state index in [4.69, 9.17) is 4.74 Å². The van der Waals surface area contributed by atoms with Gasteiger partial charge in [-0.1, -0.05) is 57.2 Å². The highest BCUT2D eigenvalue weighted by atomic mass is 32.2. The summed E-state index contributed by atoms with van der Waals surface area (Å²) < 4.78 is 34.5. The fraction of sp³-hybridized carbons (Fsp3) is 0.269. The summed E-state index contributed by atoms with van der Waals surface area (Å²) in [5.74, 6) is -0.0439. The molecule has 3 aromatic carbocycles. The van der Waals surface area contributed by atoms with Gasteiger partial charge < -0.3 is 10.1 Å². The molecule has 0 saturated heterocycles. The average Bonchev–Trinajstić information content (AvgIpc) is 2.78. The zero-order chi connectivity index (χ0) is 23.8. The molecule has 0 unspecified atom stereocenters. The molecule has 1 heterocycles. The van der Waals surface area contributed by atoms with Crippen molar-refractivity contribution in [2.75, 3.05) is 16.2 Å². The fourth-order valence-electron chi connectivity index (χ4n) is 3.75. The number of aryl methyl sites for hydroxylation is 1. The van der Waals surface area contributed by atoms with E-state index in [2.05, 4.69) is 26.1 Å². The quantitative estimate of drug-likeness (QED) is 0.597. The number of benzene rings is 3. The first-order chi connectivity index (χ1) is 15.6. The van der Waals surface area contributed by atoms with E-state index in [9.17, 15) is 13.2 Å². The van der Waals surface area contributed by atoms with Crippen molar-refractivity contribution >= 4 is 27.3 Å². The number of carbonyl (C=O) groups excluding carboxylic acids is 1. The number of nitrogens with one attached hydrogen (secondary N) is 1. The second-order valence-electron chi connectivity index (χ2n) is 9.25. The number of fused-ring (bicyclic) bond motifs is 1. The van der Waals surface area contributed by atoms with Crippen molar-refractivity contribution in [2.24, 2.45) is 0 Å². The Kier molecular flexibility index (Phi) is 5.93. The van der Waals surface area contributed by atoms with E-state index in [1.807, 2.05) is 37.3 Å². The molecule has 1 amide bonds. The number of sulfonamides is 1. The summed E-state index contributed by atoms with van der Waals surface area (Å²) in [5.41, 5.74) is 2.86. The third kappa shape index (κ3) is 4.73. The monoisotopic (exact) mass is 464 g/mol. The minimum absolute atomic E-state index is 0.129. The lowest BCUT2D eigenvalue weighted by Crippen LogP contribution is -2.49. The first-order valence-corrected chi connectivity index (χ1v) is 12.3. The first-order valence-electron chi connectivity index (χ1n) is 10.8. The Balaban J connectivity index is 1.74. The normalized spacial score (nSPS) is 16.0. The van der Waals surface area contributed by atoms with E-state index < -0.39 is 22.0 Å². The molecule has 1 atom stereocenters. The van der Waals surface area contributed by atoms with Crippen molar-refractivity contribution in [3.05, 3.63) is 83.9 Å². The van der Waals surface area contributed by atoms with Gasteiger partial charge in [-0.15, -0.1) is 0 Å². The van der Waals surface area contributed by atoms with Gasteiger partial charge in [0.15, 0.2) is 6.10 Å². The molecular formula is C26H28N2O4S. The highest BCUT2D eigenvalue weighted by Crippen LogP contribution is 2.40. The second kappa shape index (κ2) is 8.56. The summed E-state index contributed by atoms with van der Waals surface area (Å²) in [5, 5.41) is 2.85. The Hall–Kier alpha value is -3.32. The SMILES string of the molecule is Cc1cccc(NC(=O)[C@H]2CN(S(=O)(=O)c3ccccc3)c3cc(C(C)(C)C)ccc3O2)c1. The van der Waals surface area contributed by atoms with E-state index in [1.165, 1.54) is 4.31 Å². The van der Waals surface area contributed by atoms with Crippen LogP contribution < -0.4 is 14.4 Å². The van der Waals surface area contributed by atoms with E-state index in [-0.39, 0.29) is 16.9 Å². The average molecular weight is 465 g/mol. The van der Waals surface area contributed by atoms with Gasteiger partial charge in [0.05, 0.1) is 17.1 Å². The Morgan fingerprint density at radius 3 is 2.39 bits per heavy atom. The molecule has 1 aliphatic heterocycles. The number of nitrogens with zero attached hydrogens (tertiary/aromatic N) is 1. The molecular weight excluding hydrogens is 436 g/mol. The molecule has 33 heavy (non-hydrogen) atoms. The smallest absolute Gasteiger partial charge is 0.267 e. The summed E-state index contributed by atoms with van der Waals surface area (Å²) in [6, 6.07) is 21.2. The Morgan fingerprint density at radius 2 is 1.73 bits per heavy atom. The predicted octanol–water partition coefficient (Wildman–Crippen LogP) is 4.89. The number of ether oxygens (including phenoxy) is 1. The van der Waals surface area contributed by atoms with Crippen LogP contribution in [-0.4, -0.2) is 27.0 Å². The molecule has 0 saturated carbocycles. The highest BCUT2D eigenvalue weighted by molar-refractivity contribution is 7.92. The maximum atomic E-state index is 13.6. The van der Waals surface area contributed by atoms with Crippen LogP contribution in [0.3, 0.4) is 0 Å². The molecule has 172 valence electrons.